The zero-order valence-electron chi connectivity index (χ0n) is 22.1. The SMILES string of the molecule is CC(C)CC(C)N1CCN(c2cc(C(=O)O)c3cc(NS(=O)(=O)c4cc(F)ccc4F)ccc3n2)CC1.Cl.Cl.Cl. The van der Waals surface area contributed by atoms with Gasteiger partial charge in [-0.25, -0.2) is 27.0 Å². The molecule has 222 valence electrons. The highest BCUT2D eigenvalue weighted by atomic mass is 35.5. The number of hydrogen-bond acceptors (Lipinski definition) is 6. The average Bonchev–Trinajstić information content (AvgIpc) is 2.84. The van der Waals surface area contributed by atoms with Gasteiger partial charge in [0.15, 0.2) is 0 Å². The number of halogens is 5. The van der Waals surface area contributed by atoms with Crippen molar-refractivity contribution >= 4 is 75.6 Å². The molecule has 2 N–H and O–H groups in total. The molecule has 4 rings (SSSR count). The Morgan fingerprint density at radius 3 is 2.25 bits per heavy atom. The third-order valence-electron chi connectivity index (χ3n) is 6.53. The van der Waals surface area contributed by atoms with E-state index in [1.165, 1.54) is 24.3 Å². The highest BCUT2D eigenvalue weighted by Gasteiger charge is 2.25. The van der Waals surface area contributed by atoms with Crippen LogP contribution < -0.4 is 9.62 Å². The van der Waals surface area contributed by atoms with E-state index in [4.69, 9.17) is 0 Å². The molecule has 2 aromatic carbocycles. The number of anilines is 2. The van der Waals surface area contributed by atoms with Crippen LogP contribution in [0.2, 0.25) is 0 Å². The second kappa shape index (κ2) is 14.5. The fourth-order valence-corrected chi connectivity index (χ4v) is 5.87. The molecule has 1 aliphatic rings. The van der Waals surface area contributed by atoms with Crippen molar-refractivity contribution in [2.45, 2.75) is 38.1 Å². The number of aromatic carboxylic acids is 1. The van der Waals surface area contributed by atoms with Gasteiger partial charge in [-0.1, -0.05) is 13.8 Å². The Bertz CT molecular complexity index is 1440. The van der Waals surface area contributed by atoms with Gasteiger partial charge in [0, 0.05) is 43.3 Å². The molecule has 1 aliphatic heterocycles. The Morgan fingerprint density at radius 1 is 1.00 bits per heavy atom. The number of carboxylic acid groups (broad SMARTS) is 1. The van der Waals surface area contributed by atoms with Crippen LogP contribution in [0.1, 0.15) is 37.6 Å². The molecule has 0 bridgehead atoms. The predicted octanol–water partition coefficient (Wildman–Crippen LogP) is 5.83. The molecule has 8 nitrogen and oxygen atoms in total. The van der Waals surface area contributed by atoms with E-state index in [1.807, 2.05) is 4.90 Å². The molecule has 2 heterocycles. The van der Waals surface area contributed by atoms with E-state index in [2.05, 4.69) is 35.4 Å². The van der Waals surface area contributed by atoms with E-state index in [9.17, 15) is 27.1 Å². The first-order valence-corrected chi connectivity index (χ1v) is 13.6. The van der Waals surface area contributed by atoms with Crippen molar-refractivity contribution in [3.8, 4) is 0 Å². The van der Waals surface area contributed by atoms with Gasteiger partial charge < -0.3 is 10.0 Å². The van der Waals surface area contributed by atoms with Crippen LogP contribution >= 0.6 is 37.2 Å². The van der Waals surface area contributed by atoms with Crippen LogP contribution in [0.5, 0.6) is 0 Å². The minimum absolute atomic E-state index is 0. The maximum atomic E-state index is 14.1. The molecule has 0 aliphatic carbocycles. The van der Waals surface area contributed by atoms with Gasteiger partial charge in [0.05, 0.1) is 11.1 Å². The summed E-state index contributed by atoms with van der Waals surface area (Å²) >= 11 is 0. The lowest BCUT2D eigenvalue weighted by atomic mass is 10.0. The minimum Gasteiger partial charge on any atom is -0.478 e. The number of fused-ring (bicyclic) bond motifs is 1. The summed E-state index contributed by atoms with van der Waals surface area (Å²) in [5.74, 6) is -2.05. The summed E-state index contributed by atoms with van der Waals surface area (Å²) in [6, 6.07) is 8.32. The number of benzene rings is 2. The molecule has 1 saturated heterocycles. The number of rotatable bonds is 8. The number of aromatic nitrogens is 1. The van der Waals surface area contributed by atoms with Crippen molar-refractivity contribution in [3.63, 3.8) is 0 Å². The first kappa shape index (κ1) is 35.6. The van der Waals surface area contributed by atoms with Crippen molar-refractivity contribution in [2.75, 3.05) is 35.8 Å². The fraction of sp³-hybridized carbons (Fsp3) is 0.385. The molecule has 14 heteroatoms. The lowest BCUT2D eigenvalue weighted by Gasteiger charge is -2.39. The van der Waals surface area contributed by atoms with E-state index in [0.29, 0.717) is 42.5 Å². The summed E-state index contributed by atoms with van der Waals surface area (Å²) in [5, 5.41) is 10.1. The lowest BCUT2D eigenvalue weighted by molar-refractivity contribution is 0.0699. The second-order valence-corrected chi connectivity index (χ2v) is 11.4. The Balaban J connectivity index is 0.00000267. The monoisotopic (exact) mass is 640 g/mol. The molecular formula is C26H33Cl3F2N4O4S. The van der Waals surface area contributed by atoms with Gasteiger partial charge in [-0.05, 0) is 61.7 Å². The van der Waals surface area contributed by atoms with Crippen molar-refractivity contribution in [1.29, 1.82) is 0 Å². The Kier molecular flexibility index (Phi) is 12.9. The molecule has 1 unspecified atom stereocenters. The van der Waals surface area contributed by atoms with Crippen LogP contribution in [-0.4, -0.2) is 61.6 Å². The zero-order valence-corrected chi connectivity index (χ0v) is 25.4. The largest absolute Gasteiger partial charge is 0.478 e. The molecule has 1 fully saturated rings. The quantitative estimate of drug-likeness (QED) is 0.319. The molecule has 1 atom stereocenters. The van der Waals surface area contributed by atoms with Gasteiger partial charge >= 0.3 is 5.97 Å². The molecule has 0 spiro atoms. The minimum atomic E-state index is -4.46. The maximum Gasteiger partial charge on any atom is 0.336 e. The predicted molar refractivity (Wildman–Crippen MR) is 160 cm³/mol. The Morgan fingerprint density at radius 2 is 1.65 bits per heavy atom. The van der Waals surface area contributed by atoms with Crippen LogP contribution in [0.4, 0.5) is 20.3 Å². The molecule has 0 saturated carbocycles. The van der Waals surface area contributed by atoms with Gasteiger partial charge in [0.1, 0.15) is 22.3 Å². The van der Waals surface area contributed by atoms with E-state index in [1.54, 1.807) is 0 Å². The van der Waals surface area contributed by atoms with Gasteiger partial charge in [-0.3, -0.25) is 9.62 Å². The van der Waals surface area contributed by atoms with Crippen molar-refractivity contribution in [2.24, 2.45) is 5.92 Å². The van der Waals surface area contributed by atoms with E-state index < -0.39 is 32.5 Å². The highest BCUT2D eigenvalue weighted by Crippen LogP contribution is 2.28. The number of hydrogen-bond donors (Lipinski definition) is 2. The van der Waals surface area contributed by atoms with Crippen LogP contribution in [0, 0.1) is 17.6 Å². The maximum absolute atomic E-state index is 14.1. The first-order valence-electron chi connectivity index (χ1n) is 12.1. The average molecular weight is 642 g/mol. The Labute approximate surface area is 251 Å². The van der Waals surface area contributed by atoms with Crippen LogP contribution in [0.15, 0.2) is 47.4 Å². The standard InChI is InChI=1S/C26H30F2N4O4S.3ClH/c1-16(2)12-17(3)31-8-10-32(11-9-31)25-15-21(26(33)34)20-14-19(5-7-23(20)29-25)30-37(35,36)24-13-18(27)4-6-22(24)28;;;/h4-7,13-17,30H,8-12H2,1-3H3,(H,33,34);3*1H. The molecular weight excluding hydrogens is 609 g/mol. The number of nitrogens with zero attached hydrogens (tertiary/aromatic N) is 3. The van der Waals surface area contributed by atoms with Gasteiger partial charge in [-0.2, -0.15) is 0 Å². The molecule has 3 aromatic rings. The third kappa shape index (κ3) is 8.07. The van der Waals surface area contributed by atoms with Crippen molar-refractivity contribution < 1.29 is 27.1 Å². The molecule has 1 aromatic heterocycles. The summed E-state index contributed by atoms with van der Waals surface area (Å²) in [7, 11) is -4.46. The number of pyridine rings is 1. The number of carboxylic acids is 1. The normalized spacial score (nSPS) is 14.6. The smallest absolute Gasteiger partial charge is 0.336 e. The van der Waals surface area contributed by atoms with Crippen LogP contribution in [0.3, 0.4) is 0 Å². The van der Waals surface area contributed by atoms with Crippen LogP contribution in [-0.2, 0) is 10.0 Å². The topological polar surface area (TPSA) is 103 Å². The summed E-state index contributed by atoms with van der Waals surface area (Å²) in [6.07, 6.45) is 1.11. The van der Waals surface area contributed by atoms with Gasteiger partial charge in [0.25, 0.3) is 10.0 Å². The number of nitrogens with one attached hydrogen (secondary N) is 1. The zero-order chi connectivity index (χ0) is 26.9. The first-order chi connectivity index (χ1) is 17.4. The lowest BCUT2D eigenvalue weighted by Crippen LogP contribution is -2.50. The number of sulfonamides is 1. The molecule has 0 radical (unpaired) electrons. The van der Waals surface area contributed by atoms with Crippen molar-refractivity contribution in [1.82, 2.24) is 9.88 Å². The molecule has 40 heavy (non-hydrogen) atoms. The van der Waals surface area contributed by atoms with Crippen molar-refractivity contribution in [3.05, 3.63) is 59.7 Å². The van der Waals surface area contributed by atoms with Crippen LogP contribution in [0.25, 0.3) is 10.9 Å². The highest BCUT2D eigenvalue weighted by molar-refractivity contribution is 7.92. The number of carbonyl (C=O) groups is 1. The second-order valence-electron chi connectivity index (χ2n) is 9.75. The Hall–Kier alpha value is -2.44. The summed E-state index contributed by atoms with van der Waals surface area (Å²) in [6.45, 7) is 9.72. The van der Waals surface area contributed by atoms with Gasteiger partial charge in [-0.15, -0.1) is 37.2 Å². The third-order valence-corrected chi connectivity index (χ3v) is 7.93. The van der Waals surface area contributed by atoms with E-state index in [0.717, 1.165) is 31.6 Å². The number of piperazine rings is 1. The summed E-state index contributed by atoms with van der Waals surface area (Å²) in [4.78, 5) is 20.4. The van der Waals surface area contributed by atoms with E-state index >= 15 is 0 Å². The fourth-order valence-electron chi connectivity index (χ4n) is 4.73. The summed E-state index contributed by atoms with van der Waals surface area (Å²) in [5.41, 5.74) is 0.347. The van der Waals surface area contributed by atoms with Gasteiger partial charge in [0.2, 0.25) is 0 Å². The summed E-state index contributed by atoms with van der Waals surface area (Å²) < 4.78 is 55.1. The molecule has 0 amide bonds. The van der Waals surface area contributed by atoms with E-state index in [-0.39, 0.29) is 53.9 Å².